The average molecular weight is 280 g/mol. The number of hydrogen-bond donors (Lipinski definition) is 1. The van der Waals surface area contributed by atoms with Gasteiger partial charge in [-0.05, 0) is 66.2 Å². The van der Waals surface area contributed by atoms with Crippen molar-refractivity contribution in [2.75, 3.05) is 40.8 Å². The minimum absolute atomic E-state index is 0.252. The fourth-order valence-electron chi connectivity index (χ4n) is 4.90. The summed E-state index contributed by atoms with van der Waals surface area (Å²) >= 11 is 0. The van der Waals surface area contributed by atoms with E-state index in [0.717, 1.165) is 24.7 Å². The molecule has 4 heteroatoms. The summed E-state index contributed by atoms with van der Waals surface area (Å²) in [6, 6.07) is 2.27. The van der Waals surface area contributed by atoms with Crippen molar-refractivity contribution in [3.8, 4) is 0 Å². The van der Waals surface area contributed by atoms with E-state index in [1.165, 1.54) is 51.6 Å². The third-order valence-electron chi connectivity index (χ3n) is 6.56. The van der Waals surface area contributed by atoms with Crippen molar-refractivity contribution in [3.05, 3.63) is 0 Å². The normalized spacial score (nSPS) is 42.8. The van der Waals surface area contributed by atoms with Crippen molar-refractivity contribution < 1.29 is 0 Å². The van der Waals surface area contributed by atoms with Crippen LogP contribution in [0.1, 0.15) is 38.5 Å². The lowest BCUT2D eigenvalue weighted by Gasteiger charge is -2.50. The van der Waals surface area contributed by atoms with Gasteiger partial charge in [0.1, 0.15) is 0 Å². The van der Waals surface area contributed by atoms with E-state index in [9.17, 15) is 0 Å². The summed E-state index contributed by atoms with van der Waals surface area (Å²) in [6.07, 6.45) is 8.00. The Morgan fingerprint density at radius 2 is 1.80 bits per heavy atom. The molecule has 0 amide bonds. The largest absolute Gasteiger partial charge is 0.329 e. The van der Waals surface area contributed by atoms with Crippen molar-refractivity contribution in [3.63, 3.8) is 0 Å². The van der Waals surface area contributed by atoms with Crippen LogP contribution in [0.3, 0.4) is 0 Å². The van der Waals surface area contributed by atoms with Crippen LogP contribution in [0.2, 0.25) is 0 Å². The van der Waals surface area contributed by atoms with Gasteiger partial charge < -0.3 is 15.5 Å². The summed E-state index contributed by atoms with van der Waals surface area (Å²) < 4.78 is 0. The zero-order valence-corrected chi connectivity index (χ0v) is 13.5. The van der Waals surface area contributed by atoms with Crippen LogP contribution in [-0.4, -0.2) is 79.1 Å². The van der Waals surface area contributed by atoms with Crippen LogP contribution in [0.15, 0.2) is 0 Å². The minimum Gasteiger partial charge on any atom is -0.329 e. The van der Waals surface area contributed by atoms with Gasteiger partial charge in [-0.25, -0.2) is 0 Å². The van der Waals surface area contributed by atoms with Gasteiger partial charge in [-0.3, -0.25) is 4.90 Å². The maximum absolute atomic E-state index is 6.27. The third kappa shape index (κ3) is 2.41. The Bertz CT molecular complexity index is 331. The van der Waals surface area contributed by atoms with Gasteiger partial charge in [0, 0.05) is 36.8 Å². The first-order chi connectivity index (χ1) is 9.55. The first kappa shape index (κ1) is 14.8. The third-order valence-corrected chi connectivity index (χ3v) is 6.56. The lowest BCUT2D eigenvalue weighted by molar-refractivity contribution is 0.00642. The molecule has 20 heavy (non-hydrogen) atoms. The molecular formula is C16H32N4. The number of likely N-dealkylation sites (N-methyl/N-ethyl adjacent to an activating group) is 2. The van der Waals surface area contributed by atoms with E-state index in [0.29, 0.717) is 0 Å². The number of rotatable bonds is 4. The van der Waals surface area contributed by atoms with Crippen LogP contribution in [0.25, 0.3) is 0 Å². The summed E-state index contributed by atoms with van der Waals surface area (Å²) in [5, 5.41) is 0. The highest BCUT2D eigenvalue weighted by atomic mass is 15.3. The number of nitrogens with zero attached hydrogens (tertiary/aromatic N) is 3. The minimum atomic E-state index is 0.252. The van der Waals surface area contributed by atoms with Crippen molar-refractivity contribution in [2.24, 2.45) is 5.73 Å². The van der Waals surface area contributed by atoms with E-state index in [-0.39, 0.29) is 5.54 Å². The molecule has 0 aliphatic carbocycles. The fourth-order valence-corrected chi connectivity index (χ4v) is 4.90. The van der Waals surface area contributed by atoms with E-state index in [2.05, 4.69) is 35.8 Å². The Balaban J connectivity index is 1.69. The Morgan fingerprint density at radius 1 is 1.15 bits per heavy atom. The topological polar surface area (TPSA) is 35.7 Å². The van der Waals surface area contributed by atoms with Crippen LogP contribution < -0.4 is 5.73 Å². The molecule has 0 aromatic carbocycles. The fraction of sp³-hybridized carbons (Fsp3) is 1.00. The second-order valence-electron chi connectivity index (χ2n) is 7.54. The van der Waals surface area contributed by atoms with Crippen molar-refractivity contribution >= 4 is 0 Å². The lowest BCUT2D eigenvalue weighted by Crippen LogP contribution is -2.62. The smallest absolute Gasteiger partial charge is 0.0359 e. The van der Waals surface area contributed by atoms with Gasteiger partial charge in [-0.15, -0.1) is 0 Å². The molecule has 116 valence electrons. The van der Waals surface area contributed by atoms with Gasteiger partial charge >= 0.3 is 0 Å². The highest BCUT2D eigenvalue weighted by Gasteiger charge is 2.48. The maximum Gasteiger partial charge on any atom is 0.0359 e. The van der Waals surface area contributed by atoms with Crippen LogP contribution in [0.5, 0.6) is 0 Å². The van der Waals surface area contributed by atoms with Crippen molar-refractivity contribution in [1.29, 1.82) is 0 Å². The van der Waals surface area contributed by atoms with Crippen LogP contribution in [-0.2, 0) is 0 Å². The number of fused-ring (bicyclic) bond motifs is 2. The van der Waals surface area contributed by atoms with Gasteiger partial charge in [0.25, 0.3) is 0 Å². The van der Waals surface area contributed by atoms with E-state index < -0.39 is 0 Å². The number of hydrogen-bond acceptors (Lipinski definition) is 4. The van der Waals surface area contributed by atoms with Crippen LogP contribution in [0, 0.1) is 0 Å². The van der Waals surface area contributed by atoms with Gasteiger partial charge in [-0.1, -0.05) is 0 Å². The highest BCUT2D eigenvalue weighted by molar-refractivity contribution is 5.06. The molecule has 0 aromatic rings. The standard InChI is InChI=1S/C16H32N4/c1-18-8-4-5-15(18)11-19(2)16(12-17)9-13-6-7-14(10-16)20(13)3/h13-15H,4-12,17H2,1-3H3. The molecule has 3 aliphatic rings. The molecule has 3 aliphatic heterocycles. The summed E-state index contributed by atoms with van der Waals surface area (Å²) in [5.74, 6) is 0. The molecule has 0 aromatic heterocycles. The molecule has 0 spiro atoms. The van der Waals surface area contributed by atoms with E-state index in [4.69, 9.17) is 5.73 Å². The molecule has 0 radical (unpaired) electrons. The molecule has 2 bridgehead atoms. The molecule has 3 saturated heterocycles. The monoisotopic (exact) mass is 280 g/mol. The summed E-state index contributed by atoms with van der Waals surface area (Å²) in [4.78, 5) is 7.77. The molecule has 0 saturated carbocycles. The second-order valence-corrected chi connectivity index (χ2v) is 7.54. The number of likely N-dealkylation sites (tertiary alicyclic amines) is 1. The van der Waals surface area contributed by atoms with E-state index in [1.54, 1.807) is 0 Å². The van der Waals surface area contributed by atoms with Crippen LogP contribution >= 0.6 is 0 Å². The predicted molar refractivity (Wildman–Crippen MR) is 83.9 cm³/mol. The van der Waals surface area contributed by atoms with Gasteiger partial charge in [-0.2, -0.15) is 0 Å². The summed E-state index contributed by atoms with van der Waals surface area (Å²) in [7, 11) is 6.91. The maximum atomic E-state index is 6.27. The van der Waals surface area contributed by atoms with Crippen molar-refractivity contribution in [1.82, 2.24) is 14.7 Å². The van der Waals surface area contributed by atoms with Crippen LogP contribution in [0.4, 0.5) is 0 Å². The molecule has 3 heterocycles. The Hall–Kier alpha value is -0.160. The molecule has 3 atom stereocenters. The molecule has 3 fully saturated rings. The van der Waals surface area contributed by atoms with E-state index in [1.807, 2.05) is 0 Å². The van der Waals surface area contributed by atoms with Crippen molar-refractivity contribution in [2.45, 2.75) is 62.2 Å². The SMILES string of the molecule is CN1CCCC1CN(C)C1(CN)CC2CCC(C1)N2C. The summed E-state index contributed by atoms with van der Waals surface area (Å²) in [5.41, 5.74) is 6.52. The van der Waals surface area contributed by atoms with Gasteiger partial charge in [0.05, 0.1) is 0 Å². The zero-order chi connectivity index (χ0) is 14.3. The van der Waals surface area contributed by atoms with Gasteiger partial charge in [0.15, 0.2) is 0 Å². The molecule has 3 rings (SSSR count). The Morgan fingerprint density at radius 3 is 2.30 bits per heavy atom. The average Bonchev–Trinajstić information content (AvgIpc) is 2.90. The Labute approximate surface area is 124 Å². The quantitative estimate of drug-likeness (QED) is 0.832. The zero-order valence-electron chi connectivity index (χ0n) is 13.5. The predicted octanol–water partition coefficient (Wildman–Crippen LogP) is 0.967. The summed E-state index contributed by atoms with van der Waals surface area (Å²) in [6.45, 7) is 3.28. The molecule has 3 unspecified atom stereocenters. The first-order valence-corrected chi connectivity index (χ1v) is 8.39. The molecular weight excluding hydrogens is 248 g/mol. The Kier molecular flexibility index (Phi) is 4.10. The van der Waals surface area contributed by atoms with Gasteiger partial charge in [0.2, 0.25) is 0 Å². The second kappa shape index (κ2) is 5.56. The number of nitrogens with two attached hydrogens (primary N) is 1. The molecule has 2 N–H and O–H groups in total. The number of piperidine rings is 1. The lowest BCUT2D eigenvalue weighted by atomic mass is 9.81. The highest BCUT2D eigenvalue weighted by Crippen LogP contribution is 2.42. The molecule has 4 nitrogen and oxygen atoms in total. The van der Waals surface area contributed by atoms with E-state index >= 15 is 0 Å². The first-order valence-electron chi connectivity index (χ1n) is 8.39.